The molecule has 15 heavy (non-hydrogen) atoms. The van der Waals surface area contributed by atoms with Crippen molar-refractivity contribution >= 4 is 17.7 Å². The Labute approximate surface area is 97.0 Å². The molecule has 1 atom stereocenters. The SMILES string of the molecule is CCC(C)(C)N(C)C(=O)C1CSCCN1. The Hall–Kier alpha value is -0.220. The topological polar surface area (TPSA) is 32.3 Å². The molecule has 0 spiro atoms. The van der Waals surface area contributed by atoms with E-state index in [0.29, 0.717) is 0 Å². The van der Waals surface area contributed by atoms with Gasteiger partial charge in [0.25, 0.3) is 0 Å². The summed E-state index contributed by atoms with van der Waals surface area (Å²) < 4.78 is 0. The molecular formula is C11H22N2OS. The second-order valence-corrected chi connectivity index (χ2v) is 5.79. The summed E-state index contributed by atoms with van der Waals surface area (Å²) in [5.41, 5.74) is -0.0408. The minimum atomic E-state index is -0.0408. The second-order valence-electron chi connectivity index (χ2n) is 4.64. The summed E-state index contributed by atoms with van der Waals surface area (Å²) in [6.07, 6.45) is 0.981. The number of thioether (sulfide) groups is 1. The van der Waals surface area contributed by atoms with Crippen LogP contribution in [0.2, 0.25) is 0 Å². The zero-order valence-electron chi connectivity index (χ0n) is 10.2. The first-order valence-corrected chi connectivity index (χ1v) is 6.73. The summed E-state index contributed by atoms with van der Waals surface area (Å²) in [7, 11) is 1.91. The van der Waals surface area contributed by atoms with Gasteiger partial charge >= 0.3 is 0 Å². The van der Waals surface area contributed by atoms with Crippen molar-refractivity contribution in [3.8, 4) is 0 Å². The van der Waals surface area contributed by atoms with Gasteiger partial charge in [0.05, 0.1) is 6.04 Å². The van der Waals surface area contributed by atoms with Crippen LogP contribution in [0.5, 0.6) is 0 Å². The molecule has 0 saturated carbocycles. The van der Waals surface area contributed by atoms with Crippen molar-refractivity contribution in [1.82, 2.24) is 10.2 Å². The zero-order valence-corrected chi connectivity index (χ0v) is 11.0. The number of nitrogens with zero attached hydrogens (tertiary/aromatic N) is 1. The van der Waals surface area contributed by atoms with E-state index in [1.807, 2.05) is 23.7 Å². The molecule has 0 bridgehead atoms. The fourth-order valence-corrected chi connectivity index (χ4v) is 2.42. The van der Waals surface area contributed by atoms with Crippen LogP contribution in [0.4, 0.5) is 0 Å². The average Bonchev–Trinajstić information content (AvgIpc) is 2.28. The number of likely N-dealkylation sites (N-methyl/N-ethyl adjacent to an activating group) is 1. The lowest BCUT2D eigenvalue weighted by atomic mass is 9.99. The van der Waals surface area contributed by atoms with E-state index in [-0.39, 0.29) is 17.5 Å². The van der Waals surface area contributed by atoms with E-state index in [1.54, 1.807) is 0 Å². The first kappa shape index (κ1) is 12.8. The summed E-state index contributed by atoms with van der Waals surface area (Å²) >= 11 is 1.86. The largest absolute Gasteiger partial charge is 0.339 e. The van der Waals surface area contributed by atoms with Crippen LogP contribution in [0.25, 0.3) is 0 Å². The number of hydrogen-bond acceptors (Lipinski definition) is 3. The van der Waals surface area contributed by atoms with Crippen molar-refractivity contribution in [2.75, 3.05) is 25.1 Å². The highest BCUT2D eigenvalue weighted by Crippen LogP contribution is 2.19. The zero-order chi connectivity index (χ0) is 11.5. The molecule has 1 aliphatic rings. The fraction of sp³-hybridized carbons (Fsp3) is 0.909. The van der Waals surface area contributed by atoms with Gasteiger partial charge in [-0.15, -0.1) is 0 Å². The van der Waals surface area contributed by atoms with Crippen LogP contribution in [0.1, 0.15) is 27.2 Å². The molecule has 1 saturated heterocycles. The minimum absolute atomic E-state index is 0.0135. The van der Waals surface area contributed by atoms with Crippen LogP contribution in [0.15, 0.2) is 0 Å². The molecular weight excluding hydrogens is 208 g/mol. The van der Waals surface area contributed by atoms with Crippen LogP contribution in [-0.2, 0) is 4.79 Å². The summed E-state index contributed by atoms with van der Waals surface area (Å²) in [5.74, 6) is 2.25. The van der Waals surface area contributed by atoms with Gasteiger partial charge in [-0.25, -0.2) is 0 Å². The number of nitrogens with one attached hydrogen (secondary N) is 1. The molecule has 1 fully saturated rings. The summed E-state index contributed by atoms with van der Waals surface area (Å²) in [4.78, 5) is 14.0. The molecule has 0 radical (unpaired) electrons. The minimum Gasteiger partial charge on any atom is -0.339 e. The Balaban J connectivity index is 2.58. The monoisotopic (exact) mass is 230 g/mol. The van der Waals surface area contributed by atoms with E-state index in [1.165, 1.54) is 0 Å². The van der Waals surface area contributed by atoms with Gasteiger partial charge in [-0.1, -0.05) is 6.92 Å². The van der Waals surface area contributed by atoms with Gasteiger partial charge in [-0.3, -0.25) is 4.79 Å². The Bertz CT molecular complexity index is 225. The molecule has 0 aromatic rings. The van der Waals surface area contributed by atoms with Gasteiger partial charge < -0.3 is 10.2 Å². The Morgan fingerprint density at radius 1 is 1.60 bits per heavy atom. The highest BCUT2D eigenvalue weighted by atomic mass is 32.2. The van der Waals surface area contributed by atoms with E-state index in [9.17, 15) is 4.79 Å². The molecule has 1 aliphatic heterocycles. The molecule has 1 N–H and O–H groups in total. The number of hydrogen-bond donors (Lipinski definition) is 1. The summed E-state index contributed by atoms with van der Waals surface area (Å²) in [6, 6.07) is 0.0135. The Morgan fingerprint density at radius 3 is 2.73 bits per heavy atom. The predicted octanol–water partition coefficient (Wildman–Crippen LogP) is 1.34. The molecule has 3 nitrogen and oxygen atoms in total. The van der Waals surface area contributed by atoms with Crippen molar-refractivity contribution in [1.29, 1.82) is 0 Å². The third-order valence-electron chi connectivity index (χ3n) is 3.32. The van der Waals surface area contributed by atoms with Gasteiger partial charge in [0, 0.05) is 30.6 Å². The van der Waals surface area contributed by atoms with Gasteiger partial charge in [0.15, 0.2) is 0 Å². The molecule has 88 valence electrons. The van der Waals surface area contributed by atoms with Gasteiger partial charge in [-0.2, -0.15) is 11.8 Å². The average molecular weight is 230 g/mol. The molecule has 1 amide bonds. The van der Waals surface area contributed by atoms with E-state index >= 15 is 0 Å². The van der Waals surface area contributed by atoms with Gasteiger partial charge in [0.2, 0.25) is 5.91 Å². The van der Waals surface area contributed by atoms with Crippen molar-refractivity contribution in [3.05, 3.63) is 0 Å². The van der Waals surface area contributed by atoms with Crippen LogP contribution >= 0.6 is 11.8 Å². The molecule has 0 aliphatic carbocycles. The van der Waals surface area contributed by atoms with E-state index < -0.39 is 0 Å². The van der Waals surface area contributed by atoms with Gasteiger partial charge in [0.1, 0.15) is 0 Å². The van der Waals surface area contributed by atoms with Crippen LogP contribution in [0, 0.1) is 0 Å². The van der Waals surface area contributed by atoms with Crippen molar-refractivity contribution in [2.45, 2.75) is 38.8 Å². The first-order valence-electron chi connectivity index (χ1n) is 5.58. The highest BCUT2D eigenvalue weighted by Gasteiger charge is 2.31. The number of amides is 1. The molecule has 0 aromatic heterocycles. The van der Waals surface area contributed by atoms with Crippen molar-refractivity contribution < 1.29 is 4.79 Å². The number of carbonyl (C=O) groups excluding carboxylic acids is 1. The van der Waals surface area contributed by atoms with Crippen LogP contribution in [0.3, 0.4) is 0 Å². The maximum Gasteiger partial charge on any atom is 0.240 e. The van der Waals surface area contributed by atoms with Crippen molar-refractivity contribution in [3.63, 3.8) is 0 Å². The van der Waals surface area contributed by atoms with E-state index in [0.717, 1.165) is 24.5 Å². The highest BCUT2D eigenvalue weighted by molar-refractivity contribution is 7.99. The quantitative estimate of drug-likeness (QED) is 0.794. The van der Waals surface area contributed by atoms with E-state index in [2.05, 4.69) is 26.1 Å². The standard InChI is InChI=1S/C11H22N2OS/c1-5-11(2,3)13(4)10(14)9-8-15-7-6-12-9/h9,12H,5-8H2,1-4H3. The number of carbonyl (C=O) groups is 1. The lowest BCUT2D eigenvalue weighted by Gasteiger charge is -2.38. The predicted molar refractivity (Wildman–Crippen MR) is 66.3 cm³/mol. The van der Waals surface area contributed by atoms with E-state index in [4.69, 9.17) is 0 Å². The maximum absolute atomic E-state index is 12.2. The lowest BCUT2D eigenvalue weighted by molar-refractivity contribution is -0.136. The molecule has 1 rings (SSSR count). The third-order valence-corrected chi connectivity index (χ3v) is 4.39. The summed E-state index contributed by atoms with van der Waals surface area (Å²) in [5, 5.41) is 3.28. The number of rotatable bonds is 3. The molecule has 1 heterocycles. The van der Waals surface area contributed by atoms with Gasteiger partial charge in [-0.05, 0) is 20.3 Å². The smallest absolute Gasteiger partial charge is 0.240 e. The fourth-order valence-electron chi connectivity index (χ4n) is 1.49. The lowest BCUT2D eigenvalue weighted by Crippen LogP contribution is -2.55. The molecule has 1 unspecified atom stereocenters. The second kappa shape index (κ2) is 5.21. The third kappa shape index (κ3) is 3.11. The molecule has 4 heteroatoms. The molecule has 0 aromatic carbocycles. The Kier molecular flexibility index (Phi) is 4.46. The normalized spacial score (nSPS) is 22.5. The van der Waals surface area contributed by atoms with Crippen molar-refractivity contribution in [2.24, 2.45) is 0 Å². The van der Waals surface area contributed by atoms with Crippen LogP contribution in [-0.4, -0.2) is 47.5 Å². The Morgan fingerprint density at radius 2 is 2.27 bits per heavy atom. The maximum atomic E-state index is 12.2. The van der Waals surface area contributed by atoms with Crippen LogP contribution < -0.4 is 5.32 Å². The summed E-state index contributed by atoms with van der Waals surface area (Å²) in [6.45, 7) is 7.29. The first-order chi connectivity index (χ1) is 6.99.